The van der Waals surface area contributed by atoms with Crippen LogP contribution in [0.15, 0.2) is 18.3 Å². The van der Waals surface area contributed by atoms with Crippen LogP contribution in [0.1, 0.15) is 108 Å². The highest BCUT2D eigenvalue weighted by atomic mass is 16.9. The van der Waals surface area contributed by atoms with E-state index in [-0.39, 0.29) is 12.5 Å². The van der Waals surface area contributed by atoms with E-state index in [0.717, 1.165) is 82.1 Å². The van der Waals surface area contributed by atoms with Crippen LogP contribution in [0.2, 0.25) is 0 Å². The molecule has 0 unspecified atom stereocenters. The maximum absolute atomic E-state index is 12.6. The first-order valence-corrected chi connectivity index (χ1v) is 15.1. The van der Waals surface area contributed by atoms with Gasteiger partial charge in [0.15, 0.2) is 0 Å². The first-order chi connectivity index (χ1) is 18.9. The molecule has 1 fully saturated rings. The van der Waals surface area contributed by atoms with Crippen LogP contribution < -0.4 is 4.90 Å². The van der Waals surface area contributed by atoms with Gasteiger partial charge in [-0.05, 0) is 30.9 Å². The van der Waals surface area contributed by atoms with Gasteiger partial charge in [0.2, 0.25) is 0 Å². The van der Waals surface area contributed by atoms with Gasteiger partial charge in [-0.2, -0.15) is 0 Å². The maximum Gasteiger partial charge on any atom is 0.294 e. The van der Waals surface area contributed by atoms with Gasteiger partial charge in [-0.1, -0.05) is 84.5 Å². The average molecular weight is 550 g/mol. The minimum atomic E-state index is -0.725. The van der Waals surface area contributed by atoms with Crippen molar-refractivity contribution in [2.75, 3.05) is 50.8 Å². The molecule has 39 heavy (non-hydrogen) atoms. The Labute approximate surface area is 234 Å². The molecule has 10 nitrogen and oxygen atoms in total. The van der Waals surface area contributed by atoms with Gasteiger partial charge >= 0.3 is 0 Å². The number of nitrogens with zero attached hydrogens (tertiary/aromatic N) is 5. The number of amides is 1. The SMILES string of the molecule is CC(C)CN1CCN(c2ccc(C(=O)N(O)CCCCCCCCCCCCCCCO[N+](=O)[O-])cn2)CC1. The van der Waals surface area contributed by atoms with Crippen molar-refractivity contribution in [3.05, 3.63) is 34.0 Å². The van der Waals surface area contributed by atoms with Crippen molar-refractivity contribution >= 4 is 11.7 Å². The second-order valence-corrected chi connectivity index (χ2v) is 11.2. The molecular weight excluding hydrogens is 498 g/mol. The Bertz CT molecular complexity index is 800. The summed E-state index contributed by atoms with van der Waals surface area (Å²) in [6.45, 7) is 10.1. The first kappa shape index (κ1) is 32.8. The van der Waals surface area contributed by atoms with E-state index in [0.29, 0.717) is 18.0 Å². The first-order valence-electron chi connectivity index (χ1n) is 15.1. The quantitative estimate of drug-likeness (QED) is 0.0864. The van der Waals surface area contributed by atoms with E-state index >= 15 is 0 Å². The third-order valence-corrected chi connectivity index (χ3v) is 7.26. The smallest absolute Gasteiger partial charge is 0.294 e. The van der Waals surface area contributed by atoms with Crippen molar-refractivity contribution in [1.82, 2.24) is 14.9 Å². The number of hydroxylamine groups is 2. The molecule has 2 heterocycles. The number of carbonyl (C=O) groups is 1. The summed E-state index contributed by atoms with van der Waals surface area (Å²) in [5.74, 6) is 1.17. The molecule has 1 aliphatic rings. The third-order valence-electron chi connectivity index (χ3n) is 7.26. The van der Waals surface area contributed by atoms with E-state index in [1.54, 1.807) is 12.3 Å². The topological polar surface area (TPSA) is 112 Å². The second-order valence-electron chi connectivity index (χ2n) is 11.2. The fraction of sp³-hybridized carbons (Fsp3) is 0.793. The Balaban J connectivity index is 1.45. The van der Waals surface area contributed by atoms with E-state index in [1.165, 1.54) is 44.9 Å². The summed E-state index contributed by atoms with van der Waals surface area (Å²) in [5.41, 5.74) is 0.420. The highest BCUT2D eigenvalue weighted by Crippen LogP contribution is 2.16. The van der Waals surface area contributed by atoms with Gasteiger partial charge in [-0.3, -0.25) is 14.9 Å². The molecule has 1 aliphatic heterocycles. The number of aromatic nitrogens is 1. The fourth-order valence-electron chi connectivity index (χ4n) is 5.07. The van der Waals surface area contributed by atoms with Gasteiger partial charge in [0, 0.05) is 45.5 Å². The minimum Gasteiger partial charge on any atom is -0.354 e. The summed E-state index contributed by atoms with van der Waals surface area (Å²) in [5, 5.41) is 20.4. The van der Waals surface area contributed by atoms with E-state index in [9.17, 15) is 20.1 Å². The average Bonchev–Trinajstić information content (AvgIpc) is 2.92. The molecule has 0 saturated carbocycles. The van der Waals surface area contributed by atoms with Gasteiger partial charge in [0.25, 0.3) is 11.0 Å². The molecule has 0 bridgehead atoms. The Morgan fingerprint density at radius 3 is 1.97 bits per heavy atom. The van der Waals surface area contributed by atoms with Crippen LogP contribution in [0.5, 0.6) is 0 Å². The van der Waals surface area contributed by atoms with Crippen molar-refractivity contribution in [1.29, 1.82) is 0 Å². The van der Waals surface area contributed by atoms with Crippen LogP contribution in [0, 0.1) is 16.0 Å². The Morgan fingerprint density at radius 1 is 0.949 bits per heavy atom. The lowest BCUT2D eigenvalue weighted by molar-refractivity contribution is -0.757. The van der Waals surface area contributed by atoms with Crippen LogP contribution in [0.4, 0.5) is 5.82 Å². The molecule has 1 aromatic rings. The lowest BCUT2D eigenvalue weighted by Gasteiger charge is -2.36. The lowest BCUT2D eigenvalue weighted by Crippen LogP contribution is -2.47. The van der Waals surface area contributed by atoms with Crippen molar-refractivity contribution in [2.45, 2.75) is 97.3 Å². The molecule has 1 N–H and O–H groups in total. The highest BCUT2D eigenvalue weighted by molar-refractivity contribution is 5.93. The zero-order valence-electron chi connectivity index (χ0n) is 24.3. The summed E-state index contributed by atoms with van der Waals surface area (Å²) in [7, 11) is 0. The van der Waals surface area contributed by atoms with Gasteiger partial charge < -0.3 is 9.74 Å². The van der Waals surface area contributed by atoms with Crippen molar-refractivity contribution in [3.8, 4) is 0 Å². The van der Waals surface area contributed by atoms with Crippen LogP contribution in [0.25, 0.3) is 0 Å². The highest BCUT2D eigenvalue weighted by Gasteiger charge is 2.19. The number of hydrogen-bond acceptors (Lipinski definition) is 8. The molecule has 0 aliphatic carbocycles. The molecule has 1 saturated heterocycles. The maximum atomic E-state index is 12.6. The zero-order valence-corrected chi connectivity index (χ0v) is 24.3. The minimum absolute atomic E-state index is 0.210. The lowest BCUT2D eigenvalue weighted by atomic mass is 10.0. The number of hydrogen-bond donors (Lipinski definition) is 1. The normalized spacial score (nSPS) is 14.1. The van der Waals surface area contributed by atoms with Crippen LogP contribution in [0.3, 0.4) is 0 Å². The summed E-state index contributed by atoms with van der Waals surface area (Å²) in [6, 6.07) is 3.65. The van der Waals surface area contributed by atoms with Gasteiger partial charge in [0.05, 0.1) is 12.2 Å². The van der Waals surface area contributed by atoms with Gasteiger partial charge in [-0.25, -0.2) is 10.0 Å². The zero-order chi connectivity index (χ0) is 28.3. The summed E-state index contributed by atoms with van der Waals surface area (Å²) >= 11 is 0. The Hall–Kier alpha value is -2.46. The molecule has 0 aromatic carbocycles. The standard InChI is InChI=1S/C29H51N5O5/c1-26(2)25-31-19-21-32(22-20-31)28-17-16-27(24-30-28)29(35)33(36)18-14-12-10-8-6-4-3-5-7-9-11-13-15-23-39-34(37)38/h16-17,24,26,36H,3-15,18-23,25H2,1-2H3. The number of unbranched alkanes of at least 4 members (excludes halogenated alkanes) is 12. The summed E-state index contributed by atoms with van der Waals surface area (Å²) in [6.07, 6.45) is 15.9. The predicted molar refractivity (Wildman–Crippen MR) is 154 cm³/mol. The third kappa shape index (κ3) is 14.5. The predicted octanol–water partition coefficient (Wildman–Crippen LogP) is 5.97. The molecule has 222 valence electrons. The van der Waals surface area contributed by atoms with E-state index < -0.39 is 5.09 Å². The van der Waals surface area contributed by atoms with Gasteiger partial charge in [0.1, 0.15) is 5.82 Å². The van der Waals surface area contributed by atoms with E-state index in [2.05, 4.69) is 33.5 Å². The number of anilines is 1. The van der Waals surface area contributed by atoms with Crippen LogP contribution in [-0.4, -0.2) is 77.0 Å². The molecule has 1 amide bonds. The van der Waals surface area contributed by atoms with Crippen molar-refractivity contribution in [3.63, 3.8) is 0 Å². The van der Waals surface area contributed by atoms with E-state index in [1.807, 2.05) is 6.07 Å². The van der Waals surface area contributed by atoms with Crippen molar-refractivity contribution in [2.24, 2.45) is 5.92 Å². The molecule has 2 rings (SSSR count). The summed E-state index contributed by atoms with van der Waals surface area (Å²) < 4.78 is 0. The van der Waals surface area contributed by atoms with E-state index in [4.69, 9.17) is 0 Å². The molecular formula is C29H51N5O5. The molecule has 0 atom stereocenters. The monoisotopic (exact) mass is 549 g/mol. The molecule has 1 aromatic heterocycles. The molecule has 0 radical (unpaired) electrons. The second kappa shape index (κ2) is 19.6. The largest absolute Gasteiger partial charge is 0.354 e. The Kier molecular flexibility index (Phi) is 16.4. The number of piperazine rings is 1. The number of pyridine rings is 1. The van der Waals surface area contributed by atoms with Crippen LogP contribution >= 0.6 is 0 Å². The number of rotatable bonds is 21. The van der Waals surface area contributed by atoms with Gasteiger partial charge in [-0.15, -0.1) is 10.1 Å². The Morgan fingerprint density at radius 2 is 1.49 bits per heavy atom. The number of carbonyl (C=O) groups excluding carboxylic acids is 1. The summed E-state index contributed by atoms with van der Waals surface area (Å²) in [4.78, 5) is 36.2. The fourth-order valence-corrected chi connectivity index (χ4v) is 5.07. The van der Waals surface area contributed by atoms with Crippen LogP contribution in [-0.2, 0) is 4.84 Å². The molecule has 10 heteroatoms. The molecule has 0 spiro atoms. The van der Waals surface area contributed by atoms with Crippen molar-refractivity contribution < 1.29 is 19.9 Å².